The minimum absolute atomic E-state index is 0.176. The molecule has 3 nitrogen and oxygen atoms in total. The Hall–Kier alpha value is -0.750. The summed E-state index contributed by atoms with van der Waals surface area (Å²) in [6.45, 7) is -0.303. The number of rotatable bonds is 3. The van der Waals surface area contributed by atoms with Gasteiger partial charge in [-0.15, -0.1) is 0 Å². The van der Waals surface area contributed by atoms with Crippen LogP contribution in [0.5, 0.6) is 0 Å². The molecule has 0 amide bonds. The fraction of sp³-hybridized carbons (Fsp3) is 0.375. The summed E-state index contributed by atoms with van der Waals surface area (Å²) in [5.41, 5.74) is 6.03. The molecule has 14 heavy (non-hydrogen) atoms. The molecule has 1 rings (SSSR count). The number of pyridine rings is 1. The molecule has 6 heteroatoms. The summed E-state index contributed by atoms with van der Waals surface area (Å²) in [4.78, 5) is 3.56. The summed E-state index contributed by atoms with van der Waals surface area (Å²) >= 11 is 3.06. The van der Waals surface area contributed by atoms with Crippen molar-refractivity contribution in [2.24, 2.45) is 0 Å². The van der Waals surface area contributed by atoms with Crippen LogP contribution in [0.3, 0.4) is 0 Å². The number of hydrogen-bond acceptors (Lipinski definition) is 3. The number of hydrogen-bond donors (Lipinski definition) is 2. The Morgan fingerprint density at radius 3 is 2.64 bits per heavy atom. The fourth-order valence-corrected chi connectivity index (χ4v) is 1.67. The van der Waals surface area contributed by atoms with Crippen LogP contribution in [0.15, 0.2) is 6.20 Å². The molecule has 0 aliphatic carbocycles. The highest BCUT2D eigenvalue weighted by Gasteiger charge is 2.18. The third kappa shape index (κ3) is 2.01. The van der Waals surface area contributed by atoms with Crippen molar-refractivity contribution in [3.63, 3.8) is 0 Å². The first-order valence-corrected chi connectivity index (χ1v) is 4.95. The Kier molecular flexibility index (Phi) is 3.77. The summed E-state index contributed by atoms with van der Waals surface area (Å²) in [6.07, 6.45) is -1.49. The van der Waals surface area contributed by atoms with Gasteiger partial charge in [-0.3, -0.25) is 4.98 Å². The van der Waals surface area contributed by atoms with Crippen LogP contribution in [-0.2, 0) is 11.9 Å². The van der Waals surface area contributed by atoms with E-state index < -0.39 is 6.43 Å². The molecule has 1 aromatic rings. The summed E-state index contributed by atoms with van der Waals surface area (Å²) in [5.74, 6) is 0. The standard InChI is InChI=1S/C8H9BrF2N2O/c9-1-5-6(12)4(3-14)2-13-7(5)8(10)11/h2,8,14H,1,3H2,(H2,12,13). The third-order valence-electron chi connectivity index (χ3n) is 1.85. The molecule has 1 heterocycles. The minimum Gasteiger partial charge on any atom is -0.398 e. The quantitative estimate of drug-likeness (QED) is 0.823. The lowest BCUT2D eigenvalue weighted by Gasteiger charge is -2.11. The van der Waals surface area contributed by atoms with E-state index in [0.29, 0.717) is 5.56 Å². The Labute approximate surface area is 88.1 Å². The van der Waals surface area contributed by atoms with E-state index in [2.05, 4.69) is 20.9 Å². The smallest absolute Gasteiger partial charge is 0.280 e. The molecule has 0 saturated heterocycles. The largest absolute Gasteiger partial charge is 0.398 e. The number of aliphatic hydroxyl groups excluding tert-OH is 1. The van der Waals surface area contributed by atoms with Gasteiger partial charge in [0.1, 0.15) is 5.69 Å². The van der Waals surface area contributed by atoms with E-state index in [-0.39, 0.29) is 28.9 Å². The Morgan fingerprint density at radius 2 is 2.21 bits per heavy atom. The molecule has 0 aromatic carbocycles. The van der Waals surface area contributed by atoms with Gasteiger partial charge in [-0.05, 0) is 0 Å². The normalized spacial score (nSPS) is 10.9. The van der Waals surface area contributed by atoms with E-state index >= 15 is 0 Å². The molecule has 0 spiro atoms. The predicted octanol–water partition coefficient (Wildman–Crippen LogP) is 1.99. The zero-order chi connectivity index (χ0) is 10.7. The molecule has 0 fully saturated rings. The highest BCUT2D eigenvalue weighted by Crippen LogP contribution is 2.28. The molecule has 0 aliphatic heterocycles. The lowest BCUT2D eigenvalue weighted by atomic mass is 10.1. The van der Waals surface area contributed by atoms with Crippen molar-refractivity contribution in [1.82, 2.24) is 4.98 Å². The zero-order valence-corrected chi connectivity index (χ0v) is 8.76. The van der Waals surface area contributed by atoms with Crippen LogP contribution in [0, 0.1) is 0 Å². The average Bonchev–Trinajstić information content (AvgIpc) is 2.17. The highest BCUT2D eigenvalue weighted by molar-refractivity contribution is 9.08. The summed E-state index contributed by atoms with van der Waals surface area (Å²) in [6, 6.07) is 0. The zero-order valence-electron chi connectivity index (χ0n) is 7.17. The number of alkyl halides is 3. The van der Waals surface area contributed by atoms with Gasteiger partial charge in [0.25, 0.3) is 6.43 Å². The summed E-state index contributed by atoms with van der Waals surface area (Å²) in [5, 5.41) is 9.04. The van der Waals surface area contributed by atoms with Gasteiger partial charge in [0.2, 0.25) is 0 Å². The number of nitrogens with zero attached hydrogens (tertiary/aromatic N) is 1. The van der Waals surface area contributed by atoms with Gasteiger partial charge in [-0.1, -0.05) is 15.9 Å². The highest BCUT2D eigenvalue weighted by atomic mass is 79.9. The number of halogens is 3. The van der Waals surface area contributed by atoms with E-state index in [1.54, 1.807) is 0 Å². The Bertz CT molecular complexity index is 333. The SMILES string of the molecule is Nc1c(CO)cnc(C(F)F)c1CBr. The number of nitrogens with two attached hydrogens (primary N) is 1. The van der Waals surface area contributed by atoms with Crippen LogP contribution >= 0.6 is 15.9 Å². The lowest BCUT2D eigenvalue weighted by Crippen LogP contribution is -2.05. The van der Waals surface area contributed by atoms with Crippen LogP contribution in [0.2, 0.25) is 0 Å². The molecular formula is C8H9BrF2N2O. The molecule has 78 valence electrons. The van der Waals surface area contributed by atoms with Crippen LogP contribution in [0.25, 0.3) is 0 Å². The Balaban J connectivity index is 3.28. The van der Waals surface area contributed by atoms with Gasteiger partial charge in [-0.2, -0.15) is 0 Å². The van der Waals surface area contributed by atoms with Crippen molar-refractivity contribution >= 4 is 21.6 Å². The molecule has 0 bridgehead atoms. The topological polar surface area (TPSA) is 59.1 Å². The maximum atomic E-state index is 12.4. The third-order valence-corrected chi connectivity index (χ3v) is 2.41. The Morgan fingerprint density at radius 1 is 1.57 bits per heavy atom. The van der Waals surface area contributed by atoms with Gasteiger partial charge in [0, 0.05) is 28.3 Å². The molecule has 1 aromatic heterocycles. The van der Waals surface area contributed by atoms with Crippen molar-refractivity contribution in [1.29, 1.82) is 0 Å². The van der Waals surface area contributed by atoms with E-state index in [0.717, 1.165) is 0 Å². The number of aliphatic hydroxyl groups is 1. The molecule has 0 saturated carbocycles. The van der Waals surface area contributed by atoms with Crippen molar-refractivity contribution in [3.8, 4) is 0 Å². The van der Waals surface area contributed by atoms with Crippen LogP contribution < -0.4 is 5.73 Å². The van der Waals surface area contributed by atoms with Gasteiger partial charge < -0.3 is 10.8 Å². The molecule has 0 atom stereocenters. The van der Waals surface area contributed by atoms with E-state index in [1.807, 2.05) is 0 Å². The van der Waals surface area contributed by atoms with E-state index in [4.69, 9.17) is 10.8 Å². The molecule has 0 unspecified atom stereocenters. The van der Waals surface area contributed by atoms with Crippen molar-refractivity contribution in [2.75, 3.05) is 5.73 Å². The first-order valence-electron chi connectivity index (χ1n) is 3.82. The van der Waals surface area contributed by atoms with E-state index in [1.165, 1.54) is 6.20 Å². The van der Waals surface area contributed by atoms with Gasteiger partial charge in [0.05, 0.1) is 6.61 Å². The fourth-order valence-electron chi connectivity index (χ4n) is 1.08. The monoisotopic (exact) mass is 266 g/mol. The van der Waals surface area contributed by atoms with E-state index in [9.17, 15) is 8.78 Å². The predicted molar refractivity (Wildman–Crippen MR) is 52.2 cm³/mol. The number of nitrogen functional groups attached to an aromatic ring is 1. The number of aromatic nitrogens is 1. The van der Waals surface area contributed by atoms with Crippen LogP contribution in [0.1, 0.15) is 23.2 Å². The summed E-state index contributed by atoms with van der Waals surface area (Å²) < 4.78 is 24.9. The van der Waals surface area contributed by atoms with Gasteiger partial charge in [-0.25, -0.2) is 8.78 Å². The minimum atomic E-state index is -2.66. The molecule has 0 radical (unpaired) electrons. The van der Waals surface area contributed by atoms with Crippen LogP contribution in [0.4, 0.5) is 14.5 Å². The maximum absolute atomic E-state index is 12.4. The lowest BCUT2D eigenvalue weighted by molar-refractivity contribution is 0.145. The van der Waals surface area contributed by atoms with Crippen molar-refractivity contribution in [2.45, 2.75) is 18.4 Å². The first-order chi connectivity index (χ1) is 6.61. The maximum Gasteiger partial charge on any atom is 0.280 e. The molecule has 3 N–H and O–H groups in total. The second kappa shape index (κ2) is 4.65. The molecular weight excluding hydrogens is 258 g/mol. The van der Waals surface area contributed by atoms with Crippen molar-refractivity contribution in [3.05, 3.63) is 23.0 Å². The molecule has 0 aliphatic rings. The number of anilines is 1. The van der Waals surface area contributed by atoms with Crippen molar-refractivity contribution < 1.29 is 13.9 Å². The van der Waals surface area contributed by atoms with Crippen LogP contribution in [-0.4, -0.2) is 10.1 Å². The first kappa shape index (κ1) is 11.3. The summed E-state index contributed by atoms with van der Waals surface area (Å²) in [7, 11) is 0. The second-order valence-corrected chi connectivity index (χ2v) is 3.21. The van der Waals surface area contributed by atoms with Gasteiger partial charge in [0.15, 0.2) is 0 Å². The van der Waals surface area contributed by atoms with Gasteiger partial charge >= 0.3 is 0 Å². The second-order valence-electron chi connectivity index (χ2n) is 2.65. The average molecular weight is 267 g/mol.